The van der Waals surface area contributed by atoms with Gasteiger partial charge in [-0.3, -0.25) is 9.69 Å². The average Bonchev–Trinajstić information content (AvgIpc) is 3.27. The van der Waals surface area contributed by atoms with E-state index in [-0.39, 0.29) is 12.5 Å². The number of amides is 1. The second kappa shape index (κ2) is 10.3. The van der Waals surface area contributed by atoms with Gasteiger partial charge in [0, 0.05) is 45.0 Å². The van der Waals surface area contributed by atoms with Crippen LogP contribution in [0.15, 0.2) is 29.0 Å². The van der Waals surface area contributed by atoms with Gasteiger partial charge in [0.25, 0.3) is 0 Å². The molecule has 0 atom stereocenters. The molecule has 7 nitrogen and oxygen atoms in total. The quantitative estimate of drug-likeness (QED) is 0.716. The number of pyridine rings is 1. The standard InChI is InChI=1S/C23H34N4O3/c1-2-29-17-22(28)25-19-5-3-18(4-6-19)8-11-26-12-14-27(15-13-26)23-20-9-16-30-21(20)7-10-24-23/h7,9-10,16,18-19H,2-6,8,11-15,17H2,1H3,(H,25,28)/t18-,19-. The van der Waals surface area contributed by atoms with E-state index in [4.69, 9.17) is 9.15 Å². The lowest BCUT2D eigenvalue weighted by Crippen LogP contribution is -2.47. The number of rotatable bonds is 8. The molecular formula is C23H34N4O3. The monoisotopic (exact) mass is 414 g/mol. The molecule has 2 fully saturated rings. The van der Waals surface area contributed by atoms with E-state index in [1.165, 1.54) is 25.8 Å². The van der Waals surface area contributed by atoms with Crippen molar-refractivity contribution in [3.8, 4) is 0 Å². The number of nitrogens with one attached hydrogen (secondary N) is 1. The van der Waals surface area contributed by atoms with Crippen molar-refractivity contribution in [3.05, 3.63) is 24.6 Å². The van der Waals surface area contributed by atoms with Gasteiger partial charge in [-0.05, 0) is 63.6 Å². The number of aromatic nitrogens is 1. The first-order valence-electron chi connectivity index (χ1n) is 11.4. The molecule has 1 saturated heterocycles. The van der Waals surface area contributed by atoms with E-state index in [0.29, 0.717) is 12.6 Å². The van der Waals surface area contributed by atoms with Crippen LogP contribution >= 0.6 is 0 Å². The Morgan fingerprint density at radius 1 is 1.20 bits per heavy atom. The Bertz CT molecular complexity index is 808. The summed E-state index contributed by atoms with van der Waals surface area (Å²) in [6, 6.07) is 4.27. The Kier molecular flexibility index (Phi) is 7.23. The van der Waals surface area contributed by atoms with E-state index in [0.717, 1.165) is 61.7 Å². The van der Waals surface area contributed by atoms with Gasteiger partial charge in [0.1, 0.15) is 18.0 Å². The number of nitrogens with zero attached hydrogens (tertiary/aromatic N) is 3. The maximum absolute atomic E-state index is 11.8. The predicted octanol–water partition coefficient (Wildman–Crippen LogP) is 3.05. The Morgan fingerprint density at radius 2 is 2.00 bits per heavy atom. The smallest absolute Gasteiger partial charge is 0.246 e. The third-order valence-corrected chi connectivity index (χ3v) is 6.53. The molecule has 1 aliphatic heterocycles. The SMILES string of the molecule is CCOCC(=O)N[C@H]1CC[C@H](CCN2CCN(c3nccc4occc34)CC2)CC1. The second-order valence-electron chi connectivity index (χ2n) is 8.51. The molecular weight excluding hydrogens is 380 g/mol. The highest BCUT2D eigenvalue weighted by Crippen LogP contribution is 2.28. The number of piperazine rings is 1. The van der Waals surface area contributed by atoms with E-state index >= 15 is 0 Å². The van der Waals surface area contributed by atoms with Crippen molar-refractivity contribution < 1.29 is 13.9 Å². The largest absolute Gasteiger partial charge is 0.464 e. The van der Waals surface area contributed by atoms with E-state index in [9.17, 15) is 4.79 Å². The third kappa shape index (κ3) is 5.32. The predicted molar refractivity (Wildman–Crippen MR) is 118 cm³/mol. The molecule has 7 heteroatoms. The number of hydrogen-bond acceptors (Lipinski definition) is 6. The molecule has 1 N–H and O–H groups in total. The molecule has 2 aromatic heterocycles. The molecule has 0 aromatic carbocycles. The van der Waals surface area contributed by atoms with Gasteiger partial charge in [-0.2, -0.15) is 0 Å². The number of hydrogen-bond donors (Lipinski definition) is 1. The summed E-state index contributed by atoms with van der Waals surface area (Å²) in [4.78, 5) is 21.4. The van der Waals surface area contributed by atoms with Crippen molar-refractivity contribution in [2.45, 2.75) is 45.1 Å². The molecule has 0 unspecified atom stereocenters. The van der Waals surface area contributed by atoms with Gasteiger partial charge < -0.3 is 19.4 Å². The molecule has 1 amide bonds. The van der Waals surface area contributed by atoms with E-state index in [2.05, 4.69) is 20.1 Å². The molecule has 0 bridgehead atoms. The molecule has 0 radical (unpaired) electrons. The zero-order valence-electron chi connectivity index (χ0n) is 18.0. The van der Waals surface area contributed by atoms with Crippen LogP contribution in [0.2, 0.25) is 0 Å². The molecule has 1 aliphatic carbocycles. The number of furan rings is 1. The number of fused-ring (bicyclic) bond motifs is 1. The fourth-order valence-electron chi connectivity index (χ4n) is 4.74. The van der Waals surface area contributed by atoms with Crippen molar-refractivity contribution in [3.63, 3.8) is 0 Å². The van der Waals surface area contributed by atoms with E-state index in [1.54, 1.807) is 6.26 Å². The van der Waals surface area contributed by atoms with Gasteiger partial charge in [-0.15, -0.1) is 0 Å². The summed E-state index contributed by atoms with van der Waals surface area (Å²) in [6.07, 6.45) is 9.45. The topological polar surface area (TPSA) is 70.8 Å². The van der Waals surface area contributed by atoms with Gasteiger partial charge in [-0.1, -0.05) is 0 Å². The second-order valence-corrected chi connectivity index (χ2v) is 8.51. The minimum absolute atomic E-state index is 0.0266. The Labute approximate surface area is 178 Å². The average molecular weight is 415 g/mol. The summed E-state index contributed by atoms with van der Waals surface area (Å²) in [5.41, 5.74) is 0.909. The fraction of sp³-hybridized carbons (Fsp3) is 0.652. The minimum Gasteiger partial charge on any atom is -0.464 e. The lowest BCUT2D eigenvalue weighted by molar-refractivity contribution is -0.126. The van der Waals surface area contributed by atoms with Crippen LogP contribution in [0, 0.1) is 5.92 Å². The Morgan fingerprint density at radius 3 is 2.77 bits per heavy atom. The van der Waals surface area contributed by atoms with Gasteiger partial charge in [0.15, 0.2) is 0 Å². The Hall–Kier alpha value is -2.12. The van der Waals surface area contributed by atoms with Crippen molar-refractivity contribution in [1.29, 1.82) is 0 Å². The zero-order chi connectivity index (χ0) is 20.8. The third-order valence-electron chi connectivity index (χ3n) is 6.53. The van der Waals surface area contributed by atoms with Gasteiger partial charge >= 0.3 is 0 Å². The lowest BCUT2D eigenvalue weighted by atomic mass is 9.84. The summed E-state index contributed by atoms with van der Waals surface area (Å²) >= 11 is 0. The number of anilines is 1. The van der Waals surface area contributed by atoms with E-state index < -0.39 is 0 Å². The molecule has 1 saturated carbocycles. The summed E-state index contributed by atoms with van der Waals surface area (Å²) < 4.78 is 10.7. The summed E-state index contributed by atoms with van der Waals surface area (Å²) in [6.45, 7) is 8.04. The molecule has 30 heavy (non-hydrogen) atoms. The lowest BCUT2D eigenvalue weighted by Gasteiger charge is -2.37. The highest BCUT2D eigenvalue weighted by molar-refractivity contribution is 5.88. The first-order chi connectivity index (χ1) is 14.7. The molecule has 2 aliphatic rings. The molecule has 0 spiro atoms. The number of carbonyl (C=O) groups excluding carboxylic acids is 1. The molecule has 2 aromatic rings. The molecule has 164 valence electrons. The van der Waals surface area contributed by atoms with Crippen LogP contribution < -0.4 is 10.2 Å². The van der Waals surface area contributed by atoms with Crippen molar-refractivity contribution in [2.75, 3.05) is 50.8 Å². The minimum atomic E-state index is 0.0266. The van der Waals surface area contributed by atoms with Crippen LogP contribution in [-0.4, -0.2) is 67.8 Å². The van der Waals surface area contributed by atoms with Crippen LogP contribution in [-0.2, 0) is 9.53 Å². The first-order valence-corrected chi connectivity index (χ1v) is 11.4. The number of ether oxygens (including phenoxy) is 1. The van der Waals surface area contributed by atoms with Crippen LogP contribution in [0.3, 0.4) is 0 Å². The number of carbonyl (C=O) groups is 1. The summed E-state index contributed by atoms with van der Waals surface area (Å²) in [5.74, 6) is 1.86. The highest BCUT2D eigenvalue weighted by Gasteiger charge is 2.24. The summed E-state index contributed by atoms with van der Waals surface area (Å²) in [5, 5.41) is 4.23. The maximum atomic E-state index is 11.8. The van der Waals surface area contributed by atoms with Crippen LogP contribution in [0.1, 0.15) is 39.0 Å². The highest BCUT2D eigenvalue weighted by atomic mass is 16.5. The van der Waals surface area contributed by atoms with Gasteiger partial charge in [-0.25, -0.2) is 4.98 Å². The van der Waals surface area contributed by atoms with Crippen LogP contribution in [0.4, 0.5) is 5.82 Å². The zero-order valence-corrected chi connectivity index (χ0v) is 18.0. The van der Waals surface area contributed by atoms with Crippen molar-refractivity contribution in [1.82, 2.24) is 15.2 Å². The summed E-state index contributed by atoms with van der Waals surface area (Å²) in [7, 11) is 0. The van der Waals surface area contributed by atoms with E-state index in [1.807, 2.05) is 25.3 Å². The maximum Gasteiger partial charge on any atom is 0.246 e. The van der Waals surface area contributed by atoms with Crippen LogP contribution in [0.25, 0.3) is 11.0 Å². The fourth-order valence-corrected chi connectivity index (χ4v) is 4.74. The van der Waals surface area contributed by atoms with Crippen molar-refractivity contribution >= 4 is 22.7 Å². The van der Waals surface area contributed by atoms with Crippen LogP contribution in [0.5, 0.6) is 0 Å². The first kappa shape index (κ1) is 21.1. The van der Waals surface area contributed by atoms with Gasteiger partial charge in [0.05, 0.1) is 11.6 Å². The Balaban J connectivity index is 1.15. The van der Waals surface area contributed by atoms with Gasteiger partial charge in [0.2, 0.25) is 5.91 Å². The molecule has 3 heterocycles. The van der Waals surface area contributed by atoms with Crippen molar-refractivity contribution in [2.24, 2.45) is 5.92 Å². The molecule has 4 rings (SSSR count). The normalized spacial score (nSPS) is 23.0.